The van der Waals surface area contributed by atoms with Crippen LogP contribution in [0.1, 0.15) is 232 Å². The molecule has 0 rings (SSSR count). The van der Waals surface area contributed by atoms with Crippen molar-refractivity contribution in [3.63, 3.8) is 0 Å². The number of carbonyl (C=O) groups excluding carboxylic acids is 1. The predicted molar refractivity (Wildman–Crippen MR) is 202 cm³/mol. The number of rotatable bonds is 38. The highest BCUT2D eigenvalue weighted by Gasteiger charge is 2.19. The standard InChI is InChI=1S/C42H83NO3/c1-3-5-7-9-11-13-15-17-18-19-20-21-22-23-24-26-28-30-32-34-36-38-42(46)43-40(39-44)41(45)37-35-33-31-29-27-25-16-14-12-10-8-6-4-2/h27,29,40-41,44-45H,3-26,28,30-39H2,1-2H3,(H,43,46)/b29-27+/t40-,41+/m0/s1. The third kappa shape index (κ3) is 34.5. The molecule has 0 saturated heterocycles. The van der Waals surface area contributed by atoms with E-state index in [9.17, 15) is 15.0 Å². The van der Waals surface area contributed by atoms with Crippen molar-refractivity contribution in [2.75, 3.05) is 6.61 Å². The summed E-state index contributed by atoms with van der Waals surface area (Å²) in [5.74, 6) is -0.0378. The summed E-state index contributed by atoms with van der Waals surface area (Å²) in [5, 5.41) is 23.1. The first kappa shape index (κ1) is 45.1. The summed E-state index contributed by atoms with van der Waals surface area (Å²) >= 11 is 0. The Hall–Kier alpha value is -0.870. The van der Waals surface area contributed by atoms with Crippen LogP contribution in [0.25, 0.3) is 0 Å². The van der Waals surface area contributed by atoms with Gasteiger partial charge in [-0.25, -0.2) is 0 Å². The first-order valence-corrected chi connectivity index (χ1v) is 20.9. The summed E-state index contributed by atoms with van der Waals surface area (Å²) in [6.07, 6.45) is 47.1. The summed E-state index contributed by atoms with van der Waals surface area (Å²) in [5.41, 5.74) is 0. The average molecular weight is 650 g/mol. The van der Waals surface area contributed by atoms with Crippen molar-refractivity contribution in [2.45, 2.75) is 244 Å². The molecule has 4 nitrogen and oxygen atoms in total. The zero-order valence-electron chi connectivity index (χ0n) is 31.4. The molecule has 0 saturated carbocycles. The number of aliphatic hydroxyl groups is 2. The van der Waals surface area contributed by atoms with E-state index in [0.29, 0.717) is 12.8 Å². The molecule has 3 N–H and O–H groups in total. The molecule has 0 fully saturated rings. The van der Waals surface area contributed by atoms with Gasteiger partial charge in [0.2, 0.25) is 5.91 Å². The molecule has 0 radical (unpaired) electrons. The third-order valence-corrected chi connectivity index (χ3v) is 9.78. The van der Waals surface area contributed by atoms with Crippen LogP contribution in [0.15, 0.2) is 12.2 Å². The second-order valence-corrected chi connectivity index (χ2v) is 14.4. The third-order valence-electron chi connectivity index (χ3n) is 9.78. The SMILES string of the molecule is CCCCCCCCC/C=C/CCCC[C@@H](O)[C@H](CO)NC(=O)CCCCCCCCCCCCCCCCCCCCCCC. The number of allylic oxidation sites excluding steroid dienone is 2. The van der Waals surface area contributed by atoms with Gasteiger partial charge in [0, 0.05) is 6.42 Å². The fourth-order valence-corrected chi connectivity index (χ4v) is 6.53. The van der Waals surface area contributed by atoms with Gasteiger partial charge < -0.3 is 15.5 Å². The fraction of sp³-hybridized carbons (Fsp3) is 0.929. The molecule has 0 aliphatic carbocycles. The van der Waals surface area contributed by atoms with E-state index < -0.39 is 12.1 Å². The molecular weight excluding hydrogens is 566 g/mol. The van der Waals surface area contributed by atoms with Gasteiger partial charge >= 0.3 is 0 Å². The predicted octanol–water partition coefficient (Wildman–Crippen LogP) is 12.7. The number of carbonyl (C=O) groups is 1. The van der Waals surface area contributed by atoms with Crippen molar-refractivity contribution in [3.8, 4) is 0 Å². The van der Waals surface area contributed by atoms with E-state index in [1.807, 2.05) is 0 Å². The average Bonchev–Trinajstić information content (AvgIpc) is 3.06. The quantitative estimate of drug-likeness (QED) is 0.0460. The summed E-state index contributed by atoms with van der Waals surface area (Å²) in [6.45, 7) is 4.35. The molecular formula is C42H83NO3. The Balaban J connectivity index is 3.49. The van der Waals surface area contributed by atoms with Gasteiger partial charge in [-0.3, -0.25) is 4.79 Å². The van der Waals surface area contributed by atoms with Crippen molar-refractivity contribution < 1.29 is 15.0 Å². The van der Waals surface area contributed by atoms with Gasteiger partial charge in [0.25, 0.3) is 0 Å². The zero-order valence-corrected chi connectivity index (χ0v) is 31.4. The van der Waals surface area contributed by atoms with Crippen LogP contribution < -0.4 is 5.32 Å². The molecule has 0 bridgehead atoms. The van der Waals surface area contributed by atoms with Crippen molar-refractivity contribution in [1.29, 1.82) is 0 Å². The first-order chi connectivity index (χ1) is 22.7. The minimum atomic E-state index is -0.676. The second-order valence-electron chi connectivity index (χ2n) is 14.4. The van der Waals surface area contributed by atoms with Crippen molar-refractivity contribution >= 4 is 5.91 Å². The molecule has 0 heterocycles. The van der Waals surface area contributed by atoms with E-state index in [4.69, 9.17) is 0 Å². The molecule has 1 amide bonds. The van der Waals surface area contributed by atoms with Crippen molar-refractivity contribution in [3.05, 3.63) is 12.2 Å². The van der Waals surface area contributed by atoms with Crippen LogP contribution in [-0.2, 0) is 4.79 Å². The first-order valence-electron chi connectivity index (χ1n) is 20.9. The van der Waals surface area contributed by atoms with Crippen molar-refractivity contribution in [1.82, 2.24) is 5.32 Å². The number of unbranched alkanes of at least 4 members (excludes halogenated alkanes) is 29. The molecule has 0 unspecified atom stereocenters. The Morgan fingerprint density at radius 2 is 0.826 bits per heavy atom. The molecule has 274 valence electrons. The highest BCUT2D eigenvalue weighted by molar-refractivity contribution is 5.76. The molecule has 4 heteroatoms. The minimum absolute atomic E-state index is 0.0378. The van der Waals surface area contributed by atoms with Gasteiger partial charge in [-0.1, -0.05) is 199 Å². The van der Waals surface area contributed by atoms with E-state index in [-0.39, 0.29) is 12.5 Å². The van der Waals surface area contributed by atoms with Gasteiger partial charge in [-0.2, -0.15) is 0 Å². The number of nitrogens with one attached hydrogen (secondary N) is 1. The topological polar surface area (TPSA) is 69.6 Å². The number of hydrogen-bond acceptors (Lipinski definition) is 3. The lowest BCUT2D eigenvalue weighted by Gasteiger charge is -2.22. The minimum Gasteiger partial charge on any atom is -0.394 e. The van der Waals surface area contributed by atoms with Crippen LogP contribution in [0.4, 0.5) is 0 Å². The van der Waals surface area contributed by atoms with Crippen molar-refractivity contribution in [2.24, 2.45) is 0 Å². The normalized spacial score (nSPS) is 13.0. The van der Waals surface area contributed by atoms with Gasteiger partial charge in [0.1, 0.15) is 0 Å². The number of aliphatic hydroxyl groups excluding tert-OH is 2. The Labute approximate surface area is 288 Å². The number of hydrogen-bond donors (Lipinski definition) is 3. The molecule has 0 aromatic heterocycles. The maximum Gasteiger partial charge on any atom is 0.220 e. The van der Waals surface area contributed by atoms with Gasteiger partial charge in [-0.15, -0.1) is 0 Å². The molecule has 0 aliphatic heterocycles. The largest absolute Gasteiger partial charge is 0.394 e. The molecule has 0 aliphatic rings. The van der Waals surface area contributed by atoms with Crippen LogP contribution in [0, 0.1) is 0 Å². The molecule has 2 atom stereocenters. The van der Waals surface area contributed by atoms with E-state index >= 15 is 0 Å². The van der Waals surface area contributed by atoms with E-state index in [2.05, 4.69) is 31.3 Å². The molecule has 0 aromatic rings. The van der Waals surface area contributed by atoms with Gasteiger partial charge in [-0.05, 0) is 38.5 Å². The summed E-state index contributed by atoms with van der Waals surface area (Å²) in [7, 11) is 0. The second kappa shape index (κ2) is 38.6. The Kier molecular flexibility index (Phi) is 37.8. The highest BCUT2D eigenvalue weighted by Crippen LogP contribution is 2.16. The van der Waals surface area contributed by atoms with Crippen LogP contribution in [0.3, 0.4) is 0 Å². The van der Waals surface area contributed by atoms with E-state index in [1.54, 1.807) is 0 Å². The number of amides is 1. The fourth-order valence-electron chi connectivity index (χ4n) is 6.53. The smallest absolute Gasteiger partial charge is 0.220 e. The lowest BCUT2D eigenvalue weighted by molar-refractivity contribution is -0.123. The van der Waals surface area contributed by atoms with Gasteiger partial charge in [0.15, 0.2) is 0 Å². The summed E-state index contributed by atoms with van der Waals surface area (Å²) in [6, 6.07) is -0.546. The highest BCUT2D eigenvalue weighted by atomic mass is 16.3. The Morgan fingerprint density at radius 1 is 0.500 bits per heavy atom. The van der Waals surface area contributed by atoms with Crippen LogP contribution in [0.5, 0.6) is 0 Å². The lowest BCUT2D eigenvalue weighted by Crippen LogP contribution is -2.45. The zero-order chi connectivity index (χ0) is 33.6. The maximum atomic E-state index is 12.4. The summed E-state index contributed by atoms with van der Waals surface area (Å²) in [4.78, 5) is 12.4. The van der Waals surface area contributed by atoms with Crippen LogP contribution in [-0.4, -0.2) is 34.9 Å². The molecule has 0 aromatic carbocycles. The maximum absolute atomic E-state index is 12.4. The van der Waals surface area contributed by atoms with Crippen LogP contribution in [0.2, 0.25) is 0 Å². The van der Waals surface area contributed by atoms with E-state index in [0.717, 1.165) is 32.1 Å². The molecule has 46 heavy (non-hydrogen) atoms. The van der Waals surface area contributed by atoms with E-state index in [1.165, 1.54) is 173 Å². The monoisotopic (exact) mass is 650 g/mol. The summed E-state index contributed by atoms with van der Waals surface area (Å²) < 4.78 is 0. The van der Waals surface area contributed by atoms with Crippen LogP contribution >= 0.6 is 0 Å². The lowest BCUT2D eigenvalue weighted by atomic mass is 10.0. The Bertz CT molecular complexity index is 622. The Morgan fingerprint density at radius 3 is 1.20 bits per heavy atom. The molecule has 0 spiro atoms. The van der Waals surface area contributed by atoms with Gasteiger partial charge in [0.05, 0.1) is 18.8 Å².